The van der Waals surface area contributed by atoms with Crippen LogP contribution in [0.15, 0.2) is 48.5 Å². The van der Waals surface area contributed by atoms with Gasteiger partial charge < -0.3 is 10.0 Å². The lowest BCUT2D eigenvalue weighted by Gasteiger charge is -2.26. The minimum Gasteiger partial charge on any atom is -0.394 e. The lowest BCUT2D eigenvalue weighted by Crippen LogP contribution is -2.31. The number of carbonyl (C=O) groups excluding carboxylic acids is 1. The number of amides is 1. The van der Waals surface area contributed by atoms with Crippen molar-refractivity contribution in [2.75, 3.05) is 6.61 Å². The largest absolute Gasteiger partial charge is 0.394 e. The van der Waals surface area contributed by atoms with E-state index in [-0.39, 0.29) is 24.0 Å². The molecule has 5 rings (SSSR count). The summed E-state index contributed by atoms with van der Waals surface area (Å²) in [7, 11) is 0. The van der Waals surface area contributed by atoms with Crippen LogP contribution in [0.5, 0.6) is 0 Å². The van der Waals surface area contributed by atoms with Crippen LogP contribution in [0, 0.1) is 5.41 Å². The van der Waals surface area contributed by atoms with Crippen molar-refractivity contribution in [1.82, 2.24) is 15.1 Å². The van der Waals surface area contributed by atoms with E-state index >= 15 is 0 Å². The van der Waals surface area contributed by atoms with E-state index in [0.717, 1.165) is 40.8 Å². The van der Waals surface area contributed by atoms with E-state index < -0.39 is 0 Å². The molecule has 2 aliphatic rings. The van der Waals surface area contributed by atoms with Crippen LogP contribution >= 0.6 is 0 Å². The molecule has 0 saturated heterocycles. The zero-order valence-corrected chi connectivity index (χ0v) is 16.8. The Kier molecular flexibility index (Phi) is 4.10. The summed E-state index contributed by atoms with van der Waals surface area (Å²) < 4.78 is 0. The number of aliphatic hydroxyl groups excluding tert-OH is 1. The van der Waals surface area contributed by atoms with Crippen molar-refractivity contribution in [3.8, 4) is 11.3 Å². The summed E-state index contributed by atoms with van der Waals surface area (Å²) in [5.74, 6) is -0.0251. The second-order valence-electron chi connectivity index (χ2n) is 8.96. The molecule has 5 heteroatoms. The molecule has 2 heterocycles. The molecule has 0 fully saturated rings. The molecule has 0 saturated carbocycles. The summed E-state index contributed by atoms with van der Waals surface area (Å²) in [6.07, 6.45) is 2.03. The highest BCUT2D eigenvalue weighted by Crippen LogP contribution is 2.41. The van der Waals surface area contributed by atoms with Gasteiger partial charge in [0.1, 0.15) is 0 Å². The Morgan fingerprint density at radius 3 is 2.72 bits per heavy atom. The van der Waals surface area contributed by atoms with Crippen LogP contribution in [0.2, 0.25) is 0 Å². The lowest BCUT2D eigenvalue weighted by atomic mass is 9.90. The second-order valence-corrected chi connectivity index (χ2v) is 8.96. The zero-order valence-electron chi connectivity index (χ0n) is 16.8. The highest BCUT2D eigenvalue weighted by Gasteiger charge is 2.35. The first-order valence-corrected chi connectivity index (χ1v) is 10.1. The van der Waals surface area contributed by atoms with E-state index in [1.165, 1.54) is 11.3 Å². The number of aromatic amines is 1. The van der Waals surface area contributed by atoms with Crippen LogP contribution in [0.25, 0.3) is 11.3 Å². The smallest absolute Gasteiger partial charge is 0.255 e. The van der Waals surface area contributed by atoms with Crippen molar-refractivity contribution in [2.45, 2.75) is 39.3 Å². The van der Waals surface area contributed by atoms with E-state index in [4.69, 9.17) is 0 Å². The van der Waals surface area contributed by atoms with E-state index in [0.29, 0.717) is 6.54 Å². The fourth-order valence-corrected chi connectivity index (χ4v) is 4.80. The molecule has 5 nitrogen and oxygen atoms in total. The quantitative estimate of drug-likeness (QED) is 0.714. The summed E-state index contributed by atoms with van der Waals surface area (Å²) in [5, 5.41) is 17.8. The van der Waals surface area contributed by atoms with Crippen LogP contribution in [-0.2, 0) is 19.4 Å². The first-order chi connectivity index (χ1) is 14.0. The van der Waals surface area contributed by atoms with Gasteiger partial charge in [-0.2, -0.15) is 5.10 Å². The Hall–Kier alpha value is -2.92. The molecule has 1 aliphatic carbocycles. The topological polar surface area (TPSA) is 69.2 Å². The first-order valence-electron chi connectivity index (χ1n) is 10.1. The van der Waals surface area contributed by atoms with Gasteiger partial charge >= 0.3 is 0 Å². The van der Waals surface area contributed by atoms with E-state index in [9.17, 15) is 9.90 Å². The summed E-state index contributed by atoms with van der Waals surface area (Å²) in [6.45, 7) is 4.96. The van der Waals surface area contributed by atoms with Gasteiger partial charge in [0.05, 0.1) is 18.3 Å². The van der Waals surface area contributed by atoms with Gasteiger partial charge in [-0.1, -0.05) is 50.2 Å². The van der Waals surface area contributed by atoms with E-state index in [1.807, 2.05) is 42.5 Å². The molecule has 0 radical (unpaired) electrons. The predicted molar refractivity (Wildman–Crippen MR) is 111 cm³/mol. The fraction of sp³-hybridized carbons (Fsp3) is 0.333. The number of H-pyrrole nitrogens is 1. The predicted octanol–water partition coefficient (Wildman–Crippen LogP) is 3.89. The first kappa shape index (κ1) is 18.1. The van der Waals surface area contributed by atoms with Gasteiger partial charge in [-0.3, -0.25) is 9.89 Å². The molecule has 0 bridgehead atoms. The van der Waals surface area contributed by atoms with Crippen LogP contribution < -0.4 is 0 Å². The Morgan fingerprint density at radius 2 is 1.97 bits per heavy atom. The van der Waals surface area contributed by atoms with Crippen LogP contribution in [-0.4, -0.2) is 32.7 Å². The van der Waals surface area contributed by atoms with Crippen LogP contribution in [0.1, 0.15) is 52.6 Å². The normalized spacial score (nSPS) is 18.0. The third-order valence-corrected chi connectivity index (χ3v) is 6.21. The SMILES string of the molecule is CC1(C)Cc2[nH]nc(-c3ccc4c(c3)CN([C@@H](CO)c3ccccc3)C4=O)c2C1. The summed E-state index contributed by atoms with van der Waals surface area (Å²) in [5.41, 5.74) is 7.50. The van der Waals surface area contributed by atoms with Gasteiger partial charge in [0.2, 0.25) is 0 Å². The Balaban J connectivity index is 1.47. The Bertz CT molecular complexity index is 1080. The van der Waals surface area contributed by atoms with Crippen LogP contribution in [0.4, 0.5) is 0 Å². The molecule has 2 aromatic carbocycles. The highest BCUT2D eigenvalue weighted by atomic mass is 16.3. The lowest BCUT2D eigenvalue weighted by molar-refractivity contribution is 0.0615. The molecule has 2 N–H and O–H groups in total. The summed E-state index contributed by atoms with van der Waals surface area (Å²) in [4.78, 5) is 14.8. The summed E-state index contributed by atoms with van der Waals surface area (Å²) in [6, 6.07) is 15.4. The van der Waals surface area contributed by atoms with Crippen molar-refractivity contribution in [2.24, 2.45) is 5.41 Å². The molecule has 1 atom stereocenters. The molecule has 1 aliphatic heterocycles. The highest BCUT2D eigenvalue weighted by molar-refractivity contribution is 5.99. The maximum Gasteiger partial charge on any atom is 0.255 e. The van der Waals surface area contributed by atoms with E-state index in [1.54, 1.807) is 4.90 Å². The third-order valence-electron chi connectivity index (χ3n) is 6.21. The van der Waals surface area contributed by atoms with Gasteiger partial charge in [0.25, 0.3) is 5.91 Å². The molecular formula is C24H25N3O2. The van der Waals surface area contributed by atoms with Crippen molar-refractivity contribution < 1.29 is 9.90 Å². The van der Waals surface area contributed by atoms with Gasteiger partial charge in [0, 0.05) is 28.9 Å². The van der Waals surface area contributed by atoms with Crippen molar-refractivity contribution >= 4 is 5.91 Å². The number of fused-ring (bicyclic) bond motifs is 2. The number of aromatic nitrogens is 2. The number of nitrogens with zero attached hydrogens (tertiary/aromatic N) is 2. The second kappa shape index (κ2) is 6.56. The number of benzene rings is 2. The fourth-order valence-electron chi connectivity index (χ4n) is 4.80. The number of carbonyl (C=O) groups is 1. The number of rotatable bonds is 4. The maximum absolute atomic E-state index is 13.0. The molecule has 0 spiro atoms. The number of nitrogens with one attached hydrogen (secondary N) is 1. The molecular weight excluding hydrogens is 362 g/mol. The van der Waals surface area contributed by atoms with Crippen molar-refractivity contribution in [3.05, 3.63) is 76.5 Å². The molecule has 0 unspecified atom stereocenters. The van der Waals surface area contributed by atoms with Crippen molar-refractivity contribution in [3.63, 3.8) is 0 Å². The van der Waals surface area contributed by atoms with Gasteiger partial charge in [-0.15, -0.1) is 0 Å². The molecule has 3 aromatic rings. The minimum atomic E-state index is -0.338. The number of hydrogen-bond donors (Lipinski definition) is 2. The monoisotopic (exact) mass is 387 g/mol. The zero-order chi connectivity index (χ0) is 20.2. The average Bonchev–Trinajstić information content (AvgIpc) is 3.33. The van der Waals surface area contributed by atoms with Gasteiger partial charge in [-0.25, -0.2) is 0 Å². The molecule has 1 amide bonds. The Labute approximate surface area is 170 Å². The molecule has 1 aromatic heterocycles. The van der Waals surface area contributed by atoms with E-state index in [2.05, 4.69) is 30.1 Å². The number of hydrogen-bond acceptors (Lipinski definition) is 3. The maximum atomic E-state index is 13.0. The minimum absolute atomic E-state index is 0.0251. The van der Waals surface area contributed by atoms with Crippen LogP contribution in [0.3, 0.4) is 0 Å². The van der Waals surface area contributed by atoms with Gasteiger partial charge in [-0.05, 0) is 41.5 Å². The van der Waals surface area contributed by atoms with Crippen molar-refractivity contribution in [1.29, 1.82) is 0 Å². The molecule has 148 valence electrons. The summed E-state index contributed by atoms with van der Waals surface area (Å²) >= 11 is 0. The number of aliphatic hydroxyl groups is 1. The third kappa shape index (κ3) is 2.97. The molecule has 29 heavy (non-hydrogen) atoms. The Morgan fingerprint density at radius 1 is 1.17 bits per heavy atom. The average molecular weight is 387 g/mol. The van der Waals surface area contributed by atoms with Gasteiger partial charge in [0.15, 0.2) is 0 Å². The standard InChI is InChI=1S/C24H25N3O2/c1-24(2)11-19-20(12-24)25-26-22(19)16-8-9-18-17(10-16)13-27(23(18)29)21(14-28)15-6-4-3-5-7-15/h3-10,21,28H,11-14H2,1-2H3,(H,25,26)/t21-/m0/s1.